The molecule has 9 rings (SSSR count). The van der Waals surface area contributed by atoms with Crippen LogP contribution in [0.4, 0.5) is 34.1 Å². The van der Waals surface area contributed by atoms with E-state index in [0.29, 0.717) is 0 Å². The van der Waals surface area contributed by atoms with Crippen LogP contribution in [-0.4, -0.2) is 6.71 Å². The summed E-state index contributed by atoms with van der Waals surface area (Å²) in [4.78, 5) is 4.74. The van der Waals surface area contributed by atoms with E-state index in [2.05, 4.69) is 200 Å². The summed E-state index contributed by atoms with van der Waals surface area (Å²) in [6.45, 7) is 4.74. The van der Waals surface area contributed by atoms with E-state index in [-0.39, 0.29) is 12.1 Å². The maximum Gasteiger partial charge on any atom is 0.251 e. The van der Waals surface area contributed by atoms with Crippen molar-refractivity contribution in [3.8, 4) is 11.5 Å². The third-order valence-electron chi connectivity index (χ3n) is 10.1. The summed E-state index contributed by atoms with van der Waals surface area (Å²) in [5, 5.41) is 0. The molecule has 7 aromatic rings. The molecule has 49 heavy (non-hydrogen) atoms. The third kappa shape index (κ3) is 4.75. The number of fused-ring (bicyclic) bond motifs is 4. The molecule has 0 spiro atoms. The molecule has 7 aromatic carbocycles. The molecule has 0 saturated heterocycles. The van der Waals surface area contributed by atoms with E-state index in [1.165, 1.54) is 33.2 Å². The lowest BCUT2D eigenvalue weighted by atomic mass is 9.30. The van der Waals surface area contributed by atoms with Crippen LogP contribution in [0.25, 0.3) is 0 Å². The molecule has 0 amide bonds. The van der Waals surface area contributed by atoms with Crippen LogP contribution in [0.3, 0.4) is 0 Å². The van der Waals surface area contributed by atoms with E-state index in [1.54, 1.807) is 0 Å². The van der Waals surface area contributed by atoms with Gasteiger partial charge in [-0.25, -0.2) is 0 Å². The minimum atomic E-state index is -0.297. The van der Waals surface area contributed by atoms with Crippen LogP contribution in [0.5, 0.6) is 11.5 Å². The monoisotopic (exact) mass is 630 g/mol. The Hall–Kier alpha value is -6.00. The van der Waals surface area contributed by atoms with Gasteiger partial charge < -0.3 is 14.5 Å². The molecule has 0 bridgehead atoms. The van der Waals surface area contributed by atoms with Crippen molar-refractivity contribution < 1.29 is 4.74 Å². The van der Waals surface area contributed by atoms with Gasteiger partial charge >= 0.3 is 0 Å². The molecule has 0 fully saturated rings. The fourth-order valence-corrected chi connectivity index (χ4v) is 8.03. The Kier molecular flexibility index (Phi) is 6.91. The molecule has 0 aromatic heterocycles. The number of anilines is 6. The first-order valence-corrected chi connectivity index (χ1v) is 17.0. The first kappa shape index (κ1) is 29.2. The van der Waals surface area contributed by atoms with E-state index >= 15 is 0 Å². The molecule has 0 atom stereocenters. The smallest absolute Gasteiger partial charge is 0.251 e. The van der Waals surface area contributed by atoms with Gasteiger partial charge in [-0.3, -0.25) is 0 Å². The van der Waals surface area contributed by atoms with Crippen LogP contribution in [0.15, 0.2) is 176 Å². The highest BCUT2D eigenvalue weighted by Gasteiger charge is 2.47. The predicted octanol–water partition coefficient (Wildman–Crippen LogP) is 9.89. The van der Waals surface area contributed by atoms with Crippen molar-refractivity contribution in [1.82, 2.24) is 0 Å². The standard InChI is InChI=1S/C45H35BN2O/c1-45(2)37-25-15-16-26-38(37)46-39-31-36(47(32-17-7-3-8-18-32)33-19-9-4-10-20-33)27-29-41(39)49-42-30-28-40(43(45)44(42)46)48(34-21-11-5-12-22-34)35-23-13-6-14-24-35/h3-31H,1-2H3. The van der Waals surface area contributed by atoms with E-state index in [4.69, 9.17) is 4.74 Å². The number of hydrogen-bond acceptors (Lipinski definition) is 3. The lowest BCUT2D eigenvalue weighted by Crippen LogP contribution is -2.62. The van der Waals surface area contributed by atoms with Gasteiger partial charge in [0.2, 0.25) is 0 Å². The van der Waals surface area contributed by atoms with Crippen molar-refractivity contribution in [3.63, 3.8) is 0 Å². The van der Waals surface area contributed by atoms with Crippen molar-refractivity contribution in [1.29, 1.82) is 0 Å². The molecule has 0 N–H and O–H groups in total. The Labute approximate surface area is 288 Å². The van der Waals surface area contributed by atoms with Gasteiger partial charge in [0.25, 0.3) is 6.71 Å². The summed E-state index contributed by atoms with van der Waals surface area (Å²) >= 11 is 0. The first-order chi connectivity index (χ1) is 24.1. The molecule has 0 saturated carbocycles. The van der Waals surface area contributed by atoms with E-state index < -0.39 is 0 Å². The van der Waals surface area contributed by atoms with Crippen LogP contribution >= 0.6 is 0 Å². The number of para-hydroxylation sites is 4. The lowest BCUT2D eigenvalue weighted by molar-refractivity contribution is 0.484. The normalized spacial score (nSPS) is 13.4. The Morgan fingerprint density at radius 1 is 0.449 bits per heavy atom. The van der Waals surface area contributed by atoms with E-state index in [1.807, 2.05) is 0 Å². The molecular formula is C45H35BN2O. The maximum absolute atomic E-state index is 6.89. The first-order valence-electron chi connectivity index (χ1n) is 17.0. The average molecular weight is 631 g/mol. The fraction of sp³-hybridized carbons (Fsp3) is 0.0667. The molecule has 234 valence electrons. The zero-order chi connectivity index (χ0) is 33.0. The molecule has 2 aliphatic heterocycles. The highest BCUT2D eigenvalue weighted by molar-refractivity contribution is 6.98. The molecule has 3 nitrogen and oxygen atoms in total. The summed E-state index contributed by atoms with van der Waals surface area (Å²) in [6, 6.07) is 62.7. The second-order valence-electron chi connectivity index (χ2n) is 13.4. The summed E-state index contributed by atoms with van der Waals surface area (Å²) in [5.41, 5.74) is 12.8. The highest BCUT2D eigenvalue weighted by Crippen LogP contribution is 2.47. The number of benzene rings is 7. The van der Waals surface area contributed by atoms with E-state index in [0.717, 1.165) is 39.9 Å². The van der Waals surface area contributed by atoms with Gasteiger partial charge in [0.15, 0.2) is 0 Å². The maximum atomic E-state index is 6.89. The summed E-state index contributed by atoms with van der Waals surface area (Å²) in [6.07, 6.45) is 0. The molecule has 0 radical (unpaired) electrons. The van der Waals surface area contributed by atoms with Gasteiger partial charge in [-0.2, -0.15) is 0 Å². The zero-order valence-corrected chi connectivity index (χ0v) is 27.6. The second kappa shape index (κ2) is 11.6. The fourth-order valence-electron chi connectivity index (χ4n) is 8.03. The second-order valence-corrected chi connectivity index (χ2v) is 13.4. The van der Waals surface area contributed by atoms with Gasteiger partial charge in [0.05, 0.1) is 0 Å². The van der Waals surface area contributed by atoms with Crippen LogP contribution in [0.2, 0.25) is 0 Å². The number of nitrogens with zero attached hydrogens (tertiary/aromatic N) is 2. The van der Waals surface area contributed by atoms with Gasteiger partial charge in [-0.15, -0.1) is 0 Å². The van der Waals surface area contributed by atoms with Crippen molar-refractivity contribution in [2.75, 3.05) is 9.80 Å². The van der Waals surface area contributed by atoms with E-state index in [9.17, 15) is 0 Å². The SMILES string of the molecule is CC1(C)c2ccccc2B2c3cc(N(c4ccccc4)c4ccccc4)ccc3Oc3ccc(N(c4ccccc4)c4ccccc4)c1c32. The van der Waals surface area contributed by atoms with Gasteiger partial charge in [0.1, 0.15) is 11.5 Å². The summed E-state index contributed by atoms with van der Waals surface area (Å²) in [7, 11) is 0. The van der Waals surface area contributed by atoms with Gasteiger partial charge in [0, 0.05) is 39.5 Å². The van der Waals surface area contributed by atoms with Crippen molar-refractivity contribution in [2.24, 2.45) is 0 Å². The van der Waals surface area contributed by atoms with Crippen LogP contribution in [0.1, 0.15) is 25.0 Å². The minimum Gasteiger partial charge on any atom is -0.458 e. The van der Waals surface area contributed by atoms with Crippen LogP contribution in [-0.2, 0) is 5.41 Å². The average Bonchev–Trinajstić information content (AvgIpc) is 3.15. The summed E-state index contributed by atoms with van der Waals surface area (Å²) in [5.74, 6) is 1.83. The molecule has 0 unspecified atom stereocenters. The minimum absolute atomic E-state index is 0.000307. The molecule has 4 heteroatoms. The van der Waals surface area contributed by atoms with Crippen molar-refractivity contribution >= 4 is 57.2 Å². The zero-order valence-electron chi connectivity index (χ0n) is 27.6. The Morgan fingerprint density at radius 2 is 0.939 bits per heavy atom. The van der Waals surface area contributed by atoms with Crippen LogP contribution < -0.4 is 30.9 Å². The quantitative estimate of drug-likeness (QED) is 0.170. The number of ether oxygens (including phenoxy) is 1. The lowest BCUT2D eigenvalue weighted by Gasteiger charge is -2.44. The molecular weight excluding hydrogens is 595 g/mol. The Morgan fingerprint density at radius 3 is 1.51 bits per heavy atom. The van der Waals surface area contributed by atoms with Crippen molar-refractivity contribution in [3.05, 3.63) is 187 Å². The topological polar surface area (TPSA) is 15.7 Å². The summed E-state index contributed by atoms with van der Waals surface area (Å²) < 4.78 is 6.89. The molecule has 2 aliphatic rings. The number of rotatable bonds is 6. The van der Waals surface area contributed by atoms with Gasteiger partial charge in [-0.05, 0) is 101 Å². The van der Waals surface area contributed by atoms with Crippen molar-refractivity contribution in [2.45, 2.75) is 19.3 Å². The molecule has 0 aliphatic carbocycles. The Bertz CT molecular complexity index is 2210. The largest absolute Gasteiger partial charge is 0.458 e. The number of hydrogen-bond donors (Lipinski definition) is 0. The van der Waals surface area contributed by atoms with Gasteiger partial charge in [-0.1, -0.05) is 116 Å². The molecule has 2 heterocycles. The Balaban J connectivity index is 1.30. The third-order valence-corrected chi connectivity index (χ3v) is 10.1. The predicted molar refractivity (Wildman–Crippen MR) is 206 cm³/mol. The highest BCUT2D eigenvalue weighted by atomic mass is 16.5. The van der Waals surface area contributed by atoms with Crippen LogP contribution in [0, 0.1) is 0 Å².